The summed E-state index contributed by atoms with van der Waals surface area (Å²) in [5, 5.41) is 0. The minimum absolute atomic E-state index is 0.0104. The Kier molecular flexibility index (Phi) is 6.97. The monoisotopic (exact) mass is 323 g/mol. The SMILES string of the molecule is CCN(CC1CCN(C(=O)N(C)C)CC1)C(C)CC(F)(F)F. The summed E-state index contributed by atoms with van der Waals surface area (Å²) >= 11 is 0. The number of nitrogens with zero attached hydrogens (tertiary/aromatic N) is 3. The maximum absolute atomic E-state index is 12.5. The second-order valence-corrected chi connectivity index (χ2v) is 6.36. The molecule has 1 aliphatic heterocycles. The molecule has 0 aromatic carbocycles. The highest BCUT2D eigenvalue weighted by molar-refractivity contribution is 5.73. The zero-order valence-electron chi connectivity index (χ0n) is 14.0. The number of rotatable bonds is 5. The van der Waals surface area contributed by atoms with Crippen LogP contribution in [0.1, 0.15) is 33.1 Å². The molecular weight excluding hydrogens is 295 g/mol. The summed E-state index contributed by atoms with van der Waals surface area (Å²) in [6.45, 7) is 6.21. The molecular formula is C15H28F3N3O. The quantitative estimate of drug-likeness (QED) is 0.777. The Hall–Kier alpha value is -0.980. The molecule has 0 aliphatic carbocycles. The number of hydrogen-bond donors (Lipinski definition) is 0. The lowest BCUT2D eigenvalue weighted by Crippen LogP contribution is -2.46. The van der Waals surface area contributed by atoms with E-state index in [1.54, 1.807) is 25.9 Å². The number of amides is 2. The van der Waals surface area contributed by atoms with Gasteiger partial charge in [0.2, 0.25) is 0 Å². The van der Waals surface area contributed by atoms with Crippen LogP contribution in [-0.2, 0) is 0 Å². The Labute approximate surface area is 131 Å². The number of alkyl halides is 3. The van der Waals surface area contributed by atoms with Crippen LogP contribution in [-0.4, -0.2) is 73.2 Å². The van der Waals surface area contributed by atoms with E-state index in [9.17, 15) is 18.0 Å². The third kappa shape index (κ3) is 6.02. The highest BCUT2D eigenvalue weighted by Crippen LogP contribution is 2.26. The molecule has 1 unspecified atom stereocenters. The van der Waals surface area contributed by atoms with Crippen molar-refractivity contribution in [3.63, 3.8) is 0 Å². The predicted octanol–water partition coefficient (Wildman–Crippen LogP) is 3.04. The Morgan fingerprint density at radius 3 is 2.23 bits per heavy atom. The summed E-state index contributed by atoms with van der Waals surface area (Å²) in [6.07, 6.45) is -3.17. The average Bonchev–Trinajstić information content (AvgIpc) is 2.42. The molecule has 0 N–H and O–H groups in total. The van der Waals surface area contributed by atoms with Crippen LogP contribution in [0.15, 0.2) is 0 Å². The van der Waals surface area contributed by atoms with Gasteiger partial charge < -0.3 is 14.7 Å². The number of urea groups is 1. The van der Waals surface area contributed by atoms with Crippen molar-refractivity contribution >= 4 is 6.03 Å². The summed E-state index contributed by atoms with van der Waals surface area (Å²) < 4.78 is 37.6. The normalized spacial score (nSPS) is 18.6. The number of hydrogen-bond acceptors (Lipinski definition) is 2. The molecule has 0 bridgehead atoms. The van der Waals surface area contributed by atoms with Crippen molar-refractivity contribution in [2.45, 2.75) is 45.3 Å². The first-order valence-electron chi connectivity index (χ1n) is 7.91. The first-order chi connectivity index (χ1) is 10.1. The van der Waals surface area contributed by atoms with Gasteiger partial charge in [-0.1, -0.05) is 6.92 Å². The van der Waals surface area contributed by atoms with Gasteiger partial charge in [-0.05, 0) is 32.2 Å². The van der Waals surface area contributed by atoms with E-state index in [2.05, 4.69) is 0 Å². The third-order valence-electron chi connectivity index (χ3n) is 4.32. The van der Waals surface area contributed by atoms with Gasteiger partial charge in [0.1, 0.15) is 0 Å². The van der Waals surface area contributed by atoms with E-state index in [0.717, 1.165) is 12.8 Å². The van der Waals surface area contributed by atoms with Crippen molar-refractivity contribution in [3.05, 3.63) is 0 Å². The van der Waals surface area contributed by atoms with Gasteiger partial charge in [-0.3, -0.25) is 0 Å². The van der Waals surface area contributed by atoms with Gasteiger partial charge in [0.05, 0.1) is 6.42 Å². The molecule has 4 nitrogen and oxygen atoms in total. The molecule has 1 heterocycles. The fourth-order valence-electron chi connectivity index (χ4n) is 3.01. The van der Waals surface area contributed by atoms with Crippen molar-refractivity contribution < 1.29 is 18.0 Å². The molecule has 1 aliphatic rings. The molecule has 1 saturated heterocycles. The highest BCUT2D eigenvalue weighted by Gasteiger charge is 2.33. The lowest BCUT2D eigenvalue weighted by Gasteiger charge is -2.37. The Balaban J connectivity index is 2.45. The molecule has 1 atom stereocenters. The Morgan fingerprint density at radius 1 is 1.27 bits per heavy atom. The van der Waals surface area contributed by atoms with Crippen LogP contribution in [0.25, 0.3) is 0 Å². The standard InChI is InChI=1S/C15H28F3N3O/c1-5-20(12(2)10-15(16,17)18)11-13-6-8-21(9-7-13)14(22)19(3)4/h12-13H,5-11H2,1-4H3. The fourth-order valence-corrected chi connectivity index (χ4v) is 3.01. The number of piperidine rings is 1. The van der Waals surface area contributed by atoms with Crippen LogP contribution in [0, 0.1) is 5.92 Å². The summed E-state index contributed by atoms with van der Waals surface area (Å²) in [6, 6.07) is -0.484. The molecule has 0 aromatic rings. The number of carbonyl (C=O) groups excluding carboxylic acids is 1. The van der Waals surface area contributed by atoms with Crippen LogP contribution < -0.4 is 0 Å². The summed E-state index contributed by atoms with van der Waals surface area (Å²) in [7, 11) is 3.46. The molecule has 2 amide bonds. The van der Waals surface area contributed by atoms with Crippen LogP contribution in [0.4, 0.5) is 18.0 Å². The van der Waals surface area contributed by atoms with E-state index in [1.807, 2.05) is 16.7 Å². The molecule has 22 heavy (non-hydrogen) atoms. The summed E-state index contributed by atoms with van der Waals surface area (Å²) in [5.41, 5.74) is 0. The number of halogens is 3. The van der Waals surface area contributed by atoms with E-state index in [1.165, 1.54) is 0 Å². The summed E-state index contributed by atoms with van der Waals surface area (Å²) in [5.74, 6) is 0.363. The first kappa shape index (κ1) is 19.1. The largest absolute Gasteiger partial charge is 0.390 e. The topological polar surface area (TPSA) is 26.8 Å². The van der Waals surface area contributed by atoms with Crippen LogP contribution >= 0.6 is 0 Å². The molecule has 0 aromatic heterocycles. The zero-order chi connectivity index (χ0) is 16.9. The van der Waals surface area contributed by atoms with Gasteiger partial charge in [-0.25, -0.2) is 4.79 Å². The minimum atomic E-state index is -4.12. The van der Waals surface area contributed by atoms with Crippen LogP contribution in [0.2, 0.25) is 0 Å². The fraction of sp³-hybridized carbons (Fsp3) is 0.933. The highest BCUT2D eigenvalue weighted by atomic mass is 19.4. The summed E-state index contributed by atoms with van der Waals surface area (Å²) in [4.78, 5) is 17.1. The maximum Gasteiger partial charge on any atom is 0.390 e. The maximum atomic E-state index is 12.5. The second kappa shape index (κ2) is 8.04. The van der Waals surface area contributed by atoms with Crippen LogP contribution in [0.5, 0.6) is 0 Å². The minimum Gasteiger partial charge on any atom is -0.331 e. The predicted molar refractivity (Wildman–Crippen MR) is 80.8 cm³/mol. The molecule has 1 rings (SSSR count). The smallest absolute Gasteiger partial charge is 0.331 e. The molecule has 1 fully saturated rings. The van der Waals surface area contributed by atoms with Gasteiger partial charge in [0.15, 0.2) is 0 Å². The second-order valence-electron chi connectivity index (χ2n) is 6.36. The van der Waals surface area contributed by atoms with Gasteiger partial charge >= 0.3 is 12.2 Å². The zero-order valence-corrected chi connectivity index (χ0v) is 14.0. The average molecular weight is 323 g/mol. The lowest BCUT2D eigenvalue weighted by molar-refractivity contribution is -0.146. The van der Waals surface area contributed by atoms with Crippen LogP contribution in [0.3, 0.4) is 0 Å². The molecule has 0 saturated carbocycles. The van der Waals surface area contributed by atoms with Gasteiger partial charge in [-0.2, -0.15) is 13.2 Å². The molecule has 7 heteroatoms. The van der Waals surface area contributed by atoms with Crippen molar-refractivity contribution in [2.24, 2.45) is 5.92 Å². The van der Waals surface area contributed by atoms with Crippen molar-refractivity contribution in [3.8, 4) is 0 Å². The Morgan fingerprint density at radius 2 is 1.82 bits per heavy atom. The van der Waals surface area contributed by atoms with E-state index in [4.69, 9.17) is 0 Å². The van der Waals surface area contributed by atoms with Crippen molar-refractivity contribution in [1.29, 1.82) is 0 Å². The molecule has 0 spiro atoms. The Bertz CT molecular complexity index is 352. The van der Waals surface area contributed by atoms with Gasteiger partial charge in [0.25, 0.3) is 0 Å². The van der Waals surface area contributed by atoms with E-state index < -0.39 is 18.6 Å². The van der Waals surface area contributed by atoms with Gasteiger partial charge in [-0.15, -0.1) is 0 Å². The van der Waals surface area contributed by atoms with Crippen molar-refractivity contribution in [1.82, 2.24) is 14.7 Å². The van der Waals surface area contributed by atoms with Crippen molar-refractivity contribution in [2.75, 3.05) is 40.3 Å². The lowest BCUT2D eigenvalue weighted by atomic mass is 9.95. The number of carbonyl (C=O) groups is 1. The molecule has 130 valence electrons. The molecule has 0 radical (unpaired) electrons. The van der Waals surface area contributed by atoms with E-state index in [-0.39, 0.29) is 6.03 Å². The van der Waals surface area contributed by atoms with Gasteiger partial charge in [0, 0.05) is 39.8 Å². The number of likely N-dealkylation sites (tertiary alicyclic amines) is 1. The van der Waals surface area contributed by atoms with E-state index in [0.29, 0.717) is 32.1 Å². The third-order valence-corrected chi connectivity index (χ3v) is 4.32. The first-order valence-corrected chi connectivity index (χ1v) is 7.91. The van der Waals surface area contributed by atoms with E-state index >= 15 is 0 Å².